The minimum Gasteiger partial charge on any atom is -0.412 e. The summed E-state index contributed by atoms with van der Waals surface area (Å²) < 4.78 is 25.5. The van der Waals surface area contributed by atoms with Crippen LogP contribution in [0.3, 0.4) is 0 Å². The van der Waals surface area contributed by atoms with E-state index in [1.807, 2.05) is 30.3 Å². The van der Waals surface area contributed by atoms with Gasteiger partial charge in [0.2, 0.25) is 0 Å². The molecular formula is C10H13O4P. The maximum Gasteiger partial charge on any atom is 0.528 e. The van der Waals surface area contributed by atoms with Gasteiger partial charge < -0.3 is 4.52 Å². The Morgan fingerprint density at radius 1 is 1.13 bits per heavy atom. The van der Waals surface area contributed by atoms with E-state index < -0.39 is 7.82 Å². The van der Waals surface area contributed by atoms with Crippen LogP contribution in [0.5, 0.6) is 0 Å². The highest BCUT2D eigenvalue weighted by molar-refractivity contribution is 7.48. The first-order valence-corrected chi connectivity index (χ1v) is 5.78. The van der Waals surface area contributed by atoms with Gasteiger partial charge in [0.25, 0.3) is 0 Å². The number of hydrogen-bond donors (Lipinski definition) is 0. The predicted molar refractivity (Wildman–Crippen MR) is 58.2 cm³/mol. The van der Waals surface area contributed by atoms with Crippen LogP contribution < -0.4 is 0 Å². The van der Waals surface area contributed by atoms with Crippen molar-refractivity contribution in [3.63, 3.8) is 0 Å². The van der Waals surface area contributed by atoms with Crippen molar-refractivity contribution in [1.29, 1.82) is 0 Å². The highest BCUT2D eigenvalue weighted by Gasteiger charge is 2.21. The minimum absolute atomic E-state index is 0.941. The summed E-state index contributed by atoms with van der Waals surface area (Å²) in [4.78, 5) is 0. The molecule has 0 saturated heterocycles. The van der Waals surface area contributed by atoms with Crippen molar-refractivity contribution < 1.29 is 18.1 Å². The molecule has 1 aromatic rings. The topological polar surface area (TPSA) is 44.8 Å². The molecule has 82 valence electrons. The quantitative estimate of drug-likeness (QED) is 0.573. The van der Waals surface area contributed by atoms with E-state index in [9.17, 15) is 4.57 Å². The van der Waals surface area contributed by atoms with Crippen LogP contribution in [0.2, 0.25) is 0 Å². The van der Waals surface area contributed by atoms with Gasteiger partial charge in [0.15, 0.2) is 0 Å². The lowest BCUT2D eigenvalue weighted by atomic mass is 10.2. The lowest BCUT2D eigenvalue weighted by molar-refractivity contribution is 0.194. The summed E-state index contributed by atoms with van der Waals surface area (Å²) in [6.45, 7) is 0. The van der Waals surface area contributed by atoms with Crippen molar-refractivity contribution in [1.82, 2.24) is 0 Å². The molecule has 0 bridgehead atoms. The van der Waals surface area contributed by atoms with Crippen molar-refractivity contribution >= 4 is 13.9 Å². The molecular weight excluding hydrogens is 215 g/mol. The third kappa shape index (κ3) is 3.88. The zero-order chi connectivity index (χ0) is 11.1. The molecule has 1 rings (SSSR count). The molecule has 4 nitrogen and oxygen atoms in total. The third-order valence-electron chi connectivity index (χ3n) is 1.70. The minimum atomic E-state index is -3.40. The van der Waals surface area contributed by atoms with Gasteiger partial charge >= 0.3 is 7.82 Å². The van der Waals surface area contributed by atoms with Gasteiger partial charge in [-0.25, -0.2) is 4.57 Å². The van der Waals surface area contributed by atoms with E-state index in [4.69, 9.17) is 4.52 Å². The zero-order valence-electron chi connectivity index (χ0n) is 8.62. The van der Waals surface area contributed by atoms with Crippen LogP contribution in [0.1, 0.15) is 5.56 Å². The van der Waals surface area contributed by atoms with Gasteiger partial charge in [0, 0.05) is 14.2 Å². The van der Waals surface area contributed by atoms with E-state index in [-0.39, 0.29) is 0 Å². The van der Waals surface area contributed by atoms with Crippen molar-refractivity contribution in [3.8, 4) is 0 Å². The Hall–Kier alpha value is -1.09. The molecule has 0 aromatic heterocycles. The molecule has 5 heteroatoms. The van der Waals surface area contributed by atoms with Crippen molar-refractivity contribution in [2.45, 2.75) is 0 Å². The van der Waals surface area contributed by atoms with Crippen molar-refractivity contribution in [3.05, 3.63) is 42.2 Å². The lowest BCUT2D eigenvalue weighted by Gasteiger charge is -2.10. The lowest BCUT2D eigenvalue weighted by Crippen LogP contribution is -1.88. The summed E-state index contributed by atoms with van der Waals surface area (Å²) in [5.74, 6) is 0. The Bertz CT molecular complexity index is 353. The molecule has 15 heavy (non-hydrogen) atoms. The van der Waals surface area contributed by atoms with Gasteiger partial charge in [-0.15, -0.1) is 0 Å². The van der Waals surface area contributed by atoms with E-state index in [1.54, 1.807) is 6.08 Å². The number of rotatable bonds is 5. The third-order valence-corrected chi connectivity index (χ3v) is 2.97. The monoisotopic (exact) mass is 228 g/mol. The first kappa shape index (κ1) is 12.0. The summed E-state index contributed by atoms with van der Waals surface area (Å²) in [5, 5.41) is 0. The van der Waals surface area contributed by atoms with Crippen molar-refractivity contribution in [2.24, 2.45) is 0 Å². The van der Waals surface area contributed by atoms with Gasteiger partial charge in [-0.05, 0) is 11.6 Å². The van der Waals surface area contributed by atoms with Gasteiger partial charge in [0.1, 0.15) is 0 Å². The Balaban J connectivity index is 2.57. The Morgan fingerprint density at radius 2 is 1.73 bits per heavy atom. The molecule has 0 heterocycles. The Labute approximate surface area is 89.1 Å². The van der Waals surface area contributed by atoms with E-state index in [0.717, 1.165) is 5.56 Å². The maximum absolute atomic E-state index is 11.4. The first-order valence-electron chi connectivity index (χ1n) is 4.32. The van der Waals surface area contributed by atoms with E-state index in [1.165, 1.54) is 20.5 Å². The van der Waals surface area contributed by atoms with Gasteiger partial charge in [-0.1, -0.05) is 30.3 Å². The second-order valence-corrected chi connectivity index (χ2v) is 4.47. The number of hydrogen-bond acceptors (Lipinski definition) is 4. The average molecular weight is 228 g/mol. The fourth-order valence-corrected chi connectivity index (χ4v) is 1.44. The molecule has 0 aliphatic carbocycles. The largest absolute Gasteiger partial charge is 0.528 e. The summed E-state index contributed by atoms with van der Waals surface area (Å²) in [5.41, 5.74) is 0.941. The summed E-state index contributed by atoms with van der Waals surface area (Å²) in [6.07, 6.45) is 2.97. The molecule has 0 radical (unpaired) electrons. The highest BCUT2D eigenvalue weighted by Crippen LogP contribution is 2.47. The van der Waals surface area contributed by atoms with Crippen LogP contribution in [0.15, 0.2) is 36.6 Å². The molecule has 0 saturated carbocycles. The summed E-state index contributed by atoms with van der Waals surface area (Å²) in [7, 11) is -0.876. The first-order chi connectivity index (χ1) is 7.20. The number of benzene rings is 1. The summed E-state index contributed by atoms with van der Waals surface area (Å²) >= 11 is 0. The van der Waals surface area contributed by atoms with Crippen LogP contribution in [0, 0.1) is 0 Å². The van der Waals surface area contributed by atoms with Gasteiger partial charge in [-0.3, -0.25) is 9.05 Å². The van der Waals surface area contributed by atoms with E-state index in [0.29, 0.717) is 0 Å². The van der Waals surface area contributed by atoms with Crippen LogP contribution in [-0.4, -0.2) is 14.2 Å². The summed E-state index contributed by atoms with van der Waals surface area (Å²) in [6, 6.07) is 9.49. The van der Waals surface area contributed by atoms with Gasteiger partial charge in [-0.2, -0.15) is 0 Å². The van der Waals surface area contributed by atoms with Crippen molar-refractivity contribution in [2.75, 3.05) is 14.2 Å². The molecule has 0 aliphatic heterocycles. The number of phosphoric ester groups is 1. The maximum atomic E-state index is 11.4. The standard InChI is InChI=1S/C10H13O4P/c1-12-15(11,13-2)14-9-8-10-6-4-3-5-7-10/h3-9H,1-2H3. The second-order valence-electron chi connectivity index (χ2n) is 2.63. The van der Waals surface area contributed by atoms with Gasteiger partial charge in [0.05, 0.1) is 6.26 Å². The molecule has 0 amide bonds. The fraction of sp³-hybridized carbons (Fsp3) is 0.200. The average Bonchev–Trinajstić information content (AvgIpc) is 2.30. The molecule has 0 atom stereocenters. The fourth-order valence-electron chi connectivity index (χ4n) is 0.908. The Morgan fingerprint density at radius 3 is 2.27 bits per heavy atom. The highest BCUT2D eigenvalue weighted by atomic mass is 31.2. The van der Waals surface area contributed by atoms with Crippen LogP contribution in [0.25, 0.3) is 6.08 Å². The molecule has 0 unspecified atom stereocenters. The smallest absolute Gasteiger partial charge is 0.412 e. The van der Waals surface area contributed by atoms with Crippen LogP contribution in [-0.2, 0) is 18.1 Å². The molecule has 0 aliphatic rings. The number of phosphoric acid groups is 1. The van der Waals surface area contributed by atoms with Crippen LogP contribution in [0.4, 0.5) is 0 Å². The Kier molecular flexibility index (Phi) is 4.56. The van der Waals surface area contributed by atoms with E-state index in [2.05, 4.69) is 9.05 Å². The SMILES string of the molecule is COP(=O)(OC)OC=Cc1ccccc1. The molecule has 0 fully saturated rings. The van der Waals surface area contributed by atoms with E-state index >= 15 is 0 Å². The zero-order valence-corrected chi connectivity index (χ0v) is 9.52. The molecule has 0 N–H and O–H groups in total. The normalized spacial score (nSPS) is 11.9. The molecule has 0 spiro atoms. The second kappa shape index (κ2) is 5.71. The predicted octanol–water partition coefficient (Wildman–Crippen LogP) is 3.07. The van der Waals surface area contributed by atoms with Crippen LogP contribution >= 0.6 is 7.82 Å². The molecule has 1 aromatic carbocycles.